The zero-order valence-corrected chi connectivity index (χ0v) is 13.9. The third-order valence-corrected chi connectivity index (χ3v) is 4.53. The molecule has 0 saturated heterocycles. The van der Waals surface area contributed by atoms with Gasteiger partial charge in [-0.05, 0) is 30.5 Å². The van der Waals surface area contributed by atoms with Crippen molar-refractivity contribution >= 4 is 15.7 Å². The first kappa shape index (κ1) is 17.8. The highest BCUT2D eigenvalue weighted by Gasteiger charge is 2.13. The molecule has 0 aliphatic heterocycles. The minimum atomic E-state index is -3.70. The Kier molecular flexibility index (Phi) is 6.98. The summed E-state index contributed by atoms with van der Waals surface area (Å²) >= 11 is 0. The minimum absolute atomic E-state index is 0.0902. The van der Waals surface area contributed by atoms with Gasteiger partial charge in [0.2, 0.25) is 10.0 Å². The van der Waals surface area contributed by atoms with Crippen LogP contribution in [0.2, 0.25) is 0 Å². The number of primary sulfonamides is 1. The quantitative estimate of drug-likeness (QED) is 0.734. The van der Waals surface area contributed by atoms with Crippen LogP contribution in [0.4, 0.5) is 5.69 Å². The molecular formula is C15H26N2O3S. The van der Waals surface area contributed by atoms with Crippen molar-refractivity contribution < 1.29 is 13.2 Å². The number of hydrogen-bond donors (Lipinski definition) is 2. The molecule has 1 unspecified atom stereocenters. The van der Waals surface area contributed by atoms with E-state index in [2.05, 4.69) is 19.2 Å². The van der Waals surface area contributed by atoms with E-state index in [9.17, 15) is 8.42 Å². The third kappa shape index (κ3) is 5.55. The Bertz CT molecular complexity index is 544. The van der Waals surface area contributed by atoms with Gasteiger partial charge in [0, 0.05) is 6.54 Å². The number of nitrogens with one attached hydrogen (secondary N) is 1. The number of methoxy groups -OCH3 is 1. The lowest BCUT2D eigenvalue weighted by Gasteiger charge is -2.18. The van der Waals surface area contributed by atoms with Crippen LogP contribution in [0, 0.1) is 5.92 Å². The molecular weight excluding hydrogens is 288 g/mol. The maximum atomic E-state index is 11.4. The SMILES string of the molecule is CCCCC(CC)CNc1cc(S(N)(=O)=O)ccc1OC. The first-order chi connectivity index (χ1) is 9.92. The highest BCUT2D eigenvalue weighted by molar-refractivity contribution is 7.89. The molecule has 0 aliphatic carbocycles. The van der Waals surface area contributed by atoms with Crippen LogP contribution in [-0.2, 0) is 10.0 Å². The van der Waals surface area contributed by atoms with Gasteiger partial charge in [0.05, 0.1) is 17.7 Å². The first-order valence-electron chi connectivity index (χ1n) is 7.37. The molecule has 0 fully saturated rings. The van der Waals surface area contributed by atoms with Gasteiger partial charge in [0.1, 0.15) is 5.75 Å². The molecule has 0 heterocycles. The number of hydrogen-bond acceptors (Lipinski definition) is 4. The summed E-state index contributed by atoms with van der Waals surface area (Å²) < 4.78 is 28.1. The van der Waals surface area contributed by atoms with Gasteiger partial charge in [0.15, 0.2) is 0 Å². The second kappa shape index (κ2) is 8.24. The van der Waals surface area contributed by atoms with Crippen molar-refractivity contribution in [1.82, 2.24) is 0 Å². The number of ether oxygens (including phenoxy) is 1. The average Bonchev–Trinajstić information content (AvgIpc) is 2.46. The van der Waals surface area contributed by atoms with E-state index in [-0.39, 0.29) is 4.90 Å². The molecule has 6 heteroatoms. The van der Waals surface area contributed by atoms with Gasteiger partial charge in [-0.25, -0.2) is 13.6 Å². The number of rotatable bonds is 9. The van der Waals surface area contributed by atoms with Crippen molar-refractivity contribution in [3.63, 3.8) is 0 Å². The molecule has 1 aromatic rings. The Hall–Kier alpha value is -1.27. The van der Waals surface area contributed by atoms with Crippen LogP contribution in [0.3, 0.4) is 0 Å². The summed E-state index contributed by atoms with van der Waals surface area (Å²) in [7, 11) is -2.14. The smallest absolute Gasteiger partial charge is 0.238 e. The molecule has 1 rings (SSSR count). The lowest BCUT2D eigenvalue weighted by Crippen LogP contribution is -2.16. The van der Waals surface area contributed by atoms with Crippen molar-refractivity contribution in [2.24, 2.45) is 11.1 Å². The number of benzene rings is 1. The molecule has 0 spiro atoms. The van der Waals surface area contributed by atoms with Gasteiger partial charge in [-0.15, -0.1) is 0 Å². The lowest BCUT2D eigenvalue weighted by molar-refractivity contribution is 0.414. The topological polar surface area (TPSA) is 81.4 Å². The van der Waals surface area contributed by atoms with E-state index in [1.807, 2.05) is 0 Å². The summed E-state index contributed by atoms with van der Waals surface area (Å²) in [5.74, 6) is 1.18. The number of nitrogens with two attached hydrogens (primary N) is 1. The number of sulfonamides is 1. The van der Waals surface area contributed by atoms with Crippen LogP contribution in [0.25, 0.3) is 0 Å². The molecule has 0 radical (unpaired) electrons. The van der Waals surface area contributed by atoms with Crippen LogP contribution in [0.1, 0.15) is 39.5 Å². The summed E-state index contributed by atoms with van der Waals surface area (Å²) in [5.41, 5.74) is 0.666. The predicted molar refractivity (Wildman–Crippen MR) is 86.2 cm³/mol. The predicted octanol–water partition coefficient (Wildman–Crippen LogP) is 2.97. The summed E-state index contributed by atoms with van der Waals surface area (Å²) in [4.78, 5) is 0.0902. The summed E-state index contributed by atoms with van der Waals surface area (Å²) in [6, 6.07) is 4.60. The van der Waals surface area contributed by atoms with Crippen LogP contribution >= 0.6 is 0 Å². The maximum Gasteiger partial charge on any atom is 0.238 e. The van der Waals surface area contributed by atoms with E-state index >= 15 is 0 Å². The highest BCUT2D eigenvalue weighted by Crippen LogP contribution is 2.27. The van der Waals surface area contributed by atoms with Crippen molar-refractivity contribution in [2.75, 3.05) is 19.0 Å². The van der Waals surface area contributed by atoms with Crippen LogP contribution in [-0.4, -0.2) is 22.1 Å². The standard InChI is InChI=1S/C15H26N2O3S/c1-4-6-7-12(5-2)11-17-14-10-13(21(16,18)19)8-9-15(14)20-3/h8-10,12,17H,4-7,11H2,1-3H3,(H2,16,18,19). The van der Waals surface area contributed by atoms with E-state index in [1.165, 1.54) is 25.0 Å². The van der Waals surface area contributed by atoms with Gasteiger partial charge in [-0.2, -0.15) is 0 Å². The highest BCUT2D eigenvalue weighted by atomic mass is 32.2. The van der Waals surface area contributed by atoms with E-state index in [0.29, 0.717) is 17.4 Å². The van der Waals surface area contributed by atoms with Gasteiger partial charge in [-0.3, -0.25) is 0 Å². The molecule has 21 heavy (non-hydrogen) atoms. The monoisotopic (exact) mass is 314 g/mol. The molecule has 1 aromatic carbocycles. The molecule has 5 nitrogen and oxygen atoms in total. The summed E-state index contributed by atoms with van der Waals surface area (Å²) in [5, 5.41) is 8.46. The zero-order valence-electron chi connectivity index (χ0n) is 13.1. The third-order valence-electron chi connectivity index (χ3n) is 3.62. The van der Waals surface area contributed by atoms with E-state index in [0.717, 1.165) is 19.4 Å². The van der Waals surface area contributed by atoms with Gasteiger partial charge in [0.25, 0.3) is 0 Å². The Morgan fingerprint density at radius 2 is 2.05 bits per heavy atom. The Morgan fingerprint density at radius 1 is 1.33 bits per heavy atom. The minimum Gasteiger partial charge on any atom is -0.495 e. The fourth-order valence-electron chi connectivity index (χ4n) is 2.20. The zero-order chi connectivity index (χ0) is 15.9. The lowest BCUT2D eigenvalue weighted by atomic mass is 9.99. The van der Waals surface area contributed by atoms with Crippen LogP contribution in [0.15, 0.2) is 23.1 Å². The fourth-order valence-corrected chi connectivity index (χ4v) is 2.74. The van der Waals surface area contributed by atoms with E-state index in [4.69, 9.17) is 9.88 Å². The van der Waals surface area contributed by atoms with Gasteiger partial charge < -0.3 is 10.1 Å². The van der Waals surface area contributed by atoms with Gasteiger partial charge >= 0.3 is 0 Å². The molecule has 0 saturated carbocycles. The van der Waals surface area contributed by atoms with Crippen molar-refractivity contribution in [1.29, 1.82) is 0 Å². The van der Waals surface area contributed by atoms with E-state index < -0.39 is 10.0 Å². The largest absolute Gasteiger partial charge is 0.495 e. The molecule has 0 amide bonds. The van der Waals surface area contributed by atoms with Crippen LogP contribution < -0.4 is 15.2 Å². The van der Waals surface area contributed by atoms with Crippen molar-refractivity contribution in [3.8, 4) is 5.75 Å². The normalized spacial score (nSPS) is 13.0. The molecule has 120 valence electrons. The summed E-state index contributed by atoms with van der Waals surface area (Å²) in [6.07, 6.45) is 4.64. The number of unbranched alkanes of at least 4 members (excludes halogenated alkanes) is 1. The summed E-state index contributed by atoms with van der Waals surface area (Å²) in [6.45, 7) is 5.14. The average molecular weight is 314 g/mol. The van der Waals surface area contributed by atoms with Crippen molar-refractivity contribution in [2.45, 2.75) is 44.4 Å². The second-order valence-corrected chi connectivity index (χ2v) is 6.77. The van der Waals surface area contributed by atoms with Gasteiger partial charge in [-0.1, -0.05) is 33.1 Å². The molecule has 0 aromatic heterocycles. The van der Waals surface area contributed by atoms with E-state index in [1.54, 1.807) is 13.2 Å². The van der Waals surface area contributed by atoms with Crippen molar-refractivity contribution in [3.05, 3.63) is 18.2 Å². The first-order valence-corrected chi connectivity index (χ1v) is 8.91. The molecule has 1 atom stereocenters. The maximum absolute atomic E-state index is 11.4. The molecule has 3 N–H and O–H groups in total. The second-order valence-electron chi connectivity index (χ2n) is 5.20. The number of anilines is 1. The van der Waals surface area contributed by atoms with Crippen LogP contribution in [0.5, 0.6) is 5.75 Å². The fraction of sp³-hybridized carbons (Fsp3) is 0.600. The molecule has 0 aliphatic rings. The Morgan fingerprint density at radius 3 is 2.57 bits per heavy atom. The Balaban J connectivity index is 2.85. The Labute approximate surface area is 127 Å². The molecule has 0 bridgehead atoms.